The van der Waals surface area contributed by atoms with E-state index in [-0.39, 0.29) is 70.6 Å². The molecule has 9 atom stereocenters. The minimum atomic E-state index is -3.96. The van der Waals surface area contributed by atoms with Crippen LogP contribution in [0.2, 0.25) is 20.1 Å². The van der Waals surface area contributed by atoms with Gasteiger partial charge in [-0.3, -0.25) is 19.2 Å². The Morgan fingerprint density at radius 1 is 0.480 bits per heavy atom. The van der Waals surface area contributed by atoms with E-state index in [2.05, 4.69) is 0 Å². The number of nitrogens with one attached hydrogen (secondary N) is 1. The average molecular weight is 1560 g/mol. The molecule has 1 unspecified atom stereocenters. The highest BCUT2D eigenvalue weighted by atomic mass is 35.6. The van der Waals surface area contributed by atoms with Crippen molar-refractivity contribution >= 4 is 144 Å². The third kappa shape index (κ3) is 21.3. The third-order valence-electron chi connectivity index (χ3n) is 18.3. The predicted octanol–water partition coefficient (Wildman–Crippen LogP) is 17.9. The van der Waals surface area contributed by atoms with Crippen LogP contribution in [0.15, 0.2) is 155 Å². The van der Waals surface area contributed by atoms with E-state index in [4.69, 9.17) is 86.0 Å². The molecular formula is C73H88Cl7N3O11S4. The molecule has 0 saturated carbocycles. The summed E-state index contributed by atoms with van der Waals surface area (Å²) < 4.78 is 102. The fraction of sp³-hybridized carbons (Fsp3) is 0.452. The van der Waals surface area contributed by atoms with Gasteiger partial charge < -0.3 is 9.80 Å². The van der Waals surface area contributed by atoms with E-state index in [1.54, 1.807) is 124 Å². The van der Waals surface area contributed by atoms with E-state index >= 15 is 0 Å². The second-order valence-electron chi connectivity index (χ2n) is 27.5. The second kappa shape index (κ2) is 34.1. The molecule has 0 aliphatic carbocycles. The van der Waals surface area contributed by atoms with Gasteiger partial charge in [-0.1, -0.05) is 207 Å². The number of ketones is 2. The molecule has 2 saturated heterocycles. The van der Waals surface area contributed by atoms with Crippen LogP contribution < -0.4 is 0 Å². The highest BCUT2D eigenvalue weighted by Crippen LogP contribution is 2.55. The molecule has 534 valence electrons. The molecule has 8 rings (SSSR count). The summed E-state index contributed by atoms with van der Waals surface area (Å²) >= 11 is 39.9. The number of hydrogen-bond donors (Lipinski definition) is 1. The number of likely N-dealkylation sites (tertiary alicyclic amines) is 2. The molecule has 0 bridgehead atoms. The molecule has 0 aromatic heterocycles. The Labute approximate surface area is 615 Å². The Morgan fingerprint density at radius 3 is 1.12 bits per heavy atom. The van der Waals surface area contributed by atoms with Crippen LogP contribution in [0.3, 0.4) is 0 Å². The monoisotopic (exact) mass is 1560 g/mol. The number of aryl methyl sites for hydroxylation is 2. The van der Waals surface area contributed by atoms with Crippen LogP contribution in [-0.4, -0.2) is 113 Å². The van der Waals surface area contributed by atoms with Crippen LogP contribution in [0.1, 0.15) is 152 Å². The molecule has 2 aliphatic rings. The first kappa shape index (κ1) is 82.4. The summed E-state index contributed by atoms with van der Waals surface area (Å²) in [5, 5.41) is 0.712. The number of amides is 2. The number of alkyl halides is 3. The lowest BCUT2D eigenvalue weighted by Crippen LogP contribution is -2.59. The number of rotatable bonds is 24. The normalized spacial score (nSPS) is 21.3. The van der Waals surface area contributed by atoms with Crippen LogP contribution in [0.25, 0.3) is 0 Å². The standard InChI is InChI=1S/C36H44Cl2N2O5S2.C36H43Cl2NO6S2.CHCl3/c1-23(2)33(22-47(44,45)24(3)4)40-34(26-12-14-28(37)15-13-26)32(27-8-7-9-29(38)18-27)20-36(6,35(40)42)19-30(41)21-46(39,43)31-16-10-25(5)11-17-31;1-23(2)33(22-46(42,43)24(3)4)39-34(26-12-14-28(37)15-13-26)32(27-8-7-9-29(38)18-27)20-36(6,35(39)41)19-30(40)21-47(44,45)31-16-10-25(5)11-17-31;2-1(3)4/h7-18,23-24,32-34,39H,19-22H2,1-6H3;7-18,23-24,32-34H,19-22H2,1-6H3;1H/t32-,33-,34-,36+,46?;32-,33-,34-,36+;/m11./s1. The first-order valence-electron chi connectivity index (χ1n) is 32.1. The fourth-order valence-corrected chi connectivity index (χ4v) is 19.0. The quantitative estimate of drug-likeness (QED) is 0.0562. The number of piperidine rings is 2. The maximum atomic E-state index is 15.0. The number of nitrogens with zero attached hydrogens (tertiary/aromatic N) is 2. The molecule has 98 heavy (non-hydrogen) atoms. The fourth-order valence-electron chi connectivity index (χ4n) is 13.0. The van der Waals surface area contributed by atoms with Crippen molar-refractivity contribution in [3.05, 3.63) is 199 Å². The minimum Gasteiger partial charge on any atom is -0.330 e. The Morgan fingerprint density at radius 2 is 0.806 bits per heavy atom. The second-order valence-corrected chi connectivity index (χ2v) is 40.6. The van der Waals surface area contributed by atoms with Crippen LogP contribution in [0.4, 0.5) is 0 Å². The van der Waals surface area contributed by atoms with Crippen molar-refractivity contribution in [2.45, 2.75) is 169 Å². The molecule has 6 aromatic rings. The van der Waals surface area contributed by atoms with Crippen LogP contribution in [0, 0.1) is 41.3 Å². The van der Waals surface area contributed by atoms with E-state index in [0.29, 0.717) is 20.1 Å². The van der Waals surface area contributed by atoms with E-state index < -0.39 is 124 Å². The van der Waals surface area contributed by atoms with Gasteiger partial charge >= 0.3 is 0 Å². The molecule has 25 heteroatoms. The lowest BCUT2D eigenvalue weighted by molar-refractivity contribution is -0.157. The van der Waals surface area contributed by atoms with Crippen LogP contribution >= 0.6 is 81.2 Å². The highest BCUT2D eigenvalue weighted by molar-refractivity contribution is 7.93. The average Bonchev–Trinajstić information content (AvgIpc) is 0.740. The number of halogens is 7. The molecule has 6 aromatic carbocycles. The van der Waals surface area contributed by atoms with Crippen molar-refractivity contribution in [3.63, 3.8) is 0 Å². The molecule has 2 amide bonds. The van der Waals surface area contributed by atoms with Gasteiger partial charge in [0.2, 0.25) is 11.8 Å². The Balaban J connectivity index is 0.000000293. The number of Topliss-reactive ketones (excluding diaryl/α,β-unsaturated/α-hetero) is 2. The maximum Gasteiger partial charge on any atom is 0.229 e. The molecule has 2 aliphatic heterocycles. The van der Waals surface area contributed by atoms with Crippen molar-refractivity contribution in [2.24, 2.45) is 22.7 Å². The van der Waals surface area contributed by atoms with Gasteiger partial charge in [-0.15, -0.1) is 0 Å². The molecule has 1 N–H and O–H groups in total. The van der Waals surface area contributed by atoms with Gasteiger partial charge in [-0.05, 0) is 161 Å². The predicted molar refractivity (Wildman–Crippen MR) is 400 cm³/mol. The number of hydrogen-bond acceptors (Lipinski definition) is 12. The Bertz CT molecular complexity index is 3990. The largest absolute Gasteiger partial charge is 0.330 e. The summed E-state index contributed by atoms with van der Waals surface area (Å²) in [7, 11) is -14.6. The number of sulfone groups is 3. The highest BCUT2D eigenvalue weighted by Gasteiger charge is 2.55. The van der Waals surface area contributed by atoms with E-state index in [1.165, 1.54) is 12.1 Å². The van der Waals surface area contributed by atoms with Gasteiger partial charge in [0, 0.05) is 61.7 Å². The van der Waals surface area contributed by atoms with Gasteiger partial charge in [0.25, 0.3) is 0 Å². The first-order chi connectivity index (χ1) is 45.4. The van der Waals surface area contributed by atoms with Gasteiger partial charge in [-0.2, -0.15) is 0 Å². The smallest absolute Gasteiger partial charge is 0.229 e. The van der Waals surface area contributed by atoms with E-state index in [9.17, 15) is 48.6 Å². The zero-order valence-corrected chi connectivity index (χ0v) is 65.6. The summed E-state index contributed by atoms with van der Waals surface area (Å²) in [4.78, 5) is 60.9. The van der Waals surface area contributed by atoms with Gasteiger partial charge in [0.15, 0.2) is 33.8 Å². The summed E-state index contributed by atoms with van der Waals surface area (Å²) in [6.45, 7) is 21.2. The van der Waals surface area contributed by atoms with Gasteiger partial charge in [0.1, 0.15) is 17.3 Å². The summed E-state index contributed by atoms with van der Waals surface area (Å²) in [5.41, 5.74) is 2.39. The lowest BCUT2D eigenvalue weighted by Gasteiger charge is -2.53. The van der Waals surface area contributed by atoms with Crippen molar-refractivity contribution in [1.82, 2.24) is 9.80 Å². The topological polar surface area (TPSA) is 218 Å². The number of carbonyl (C=O) groups excluding carboxylic acids is 4. The van der Waals surface area contributed by atoms with Gasteiger partial charge in [0.05, 0.1) is 65.3 Å². The van der Waals surface area contributed by atoms with Crippen LogP contribution in [0.5, 0.6) is 0 Å². The van der Waals surface area contributed by atoms with Crippen molar-refractivity contribution in [3.8, 4) is 0 Å². The minimum absolute atomic E-state index is 0.0385. The van der Waals surface area contributed by atoms with E-state index in [1.807, 2.05) is 102 Å². The zero-order valence-electron chi connectivity index (χ0n) is 57.0. The Kier molecular flexibility index (Phi) is 28.7. The van der Waals surface area contributed by atoms with Crippen molar-refractivity contribution in [1.29, 1.82) is 4.78 Å². The maximum absolute atomic E-state index is 15.0. The van der Waals surface area contributed by atoms with Crippen molar-refractivity contribution in [2.75, 3.05) is 23.0 Å². The zero-order chi connectivity index (χ0) is 73.4. The van der Waals surface area contributed by atoms with Crippen LogP contribution in [-0.2, 0) is 58.4 Å². The number of carbonyl (C=O) groups is 4. The third-order valence-corrected chi connectivity index (χ3v) is 27.3. The summed E-state index contributed by atoms with van der Waals surface area (Å²) in [5.74, 6) is -4.94. The molecular weight excluding hydrogens is 1470 g/mol. The summed E-state index contributed by atoms with van der Waals surface area (Å²) in [6, 6.07) is 39.3. The number of benzene rings is 6. The SMILES string of the molecule is Cc1ccc(S(=N)(=O)CC(=O)C[C@@]2(C)C[C@H](c3cccc(Cl)c3)[C@@H](c3ccc(Cl)cc3)N([C@H](CS(=O)(=O)C(C)C)C(C)C)C2=O)cc1.Cc1ccc(S(=O)(=O)CC(=O)C[C@@]2(C)C[C@H](c3cccc(Cl)c3)[C@@H](c3ccc(Cl)cc3)N([C@H](CS(=O)(=O)C(C)C)C(C)C)C2=O)cc1.ClC(Cl)Cl. The lowest BCUT2D eigenvalue weighted by atomic mass is 9.66. The first-order valence-corrected chi connectivity index (χ1v) is 41.7. The molecule has 0 radical (unpaired) electrons. The molecule has 0 spiro atoms. The Hall–Kier alpha value is -4.57. The summed E-state index contributed by atoms with van der Waals surface area (Å²) in [6.07, 6.45) is -0.142. The molecule has 2 heterocycles. The van der Waals surface area contributed by atoms with E-state index in [0.717, 1.165) is 33.4 Å². The van der Waals surface area contributed by atoms with Crippen molar-refractivity contribution < 1.29 is 48.6 Å². The van der Waals surface area contributed by atoms with Gasteiger partial charge in [-0.25, -0.2) is 34.2 Å². The molecule has 14 nitrogen and oxygen atoms in total. The molecule has 2 fully saturated rings.